The third-order valence-corrected chi connectivity index (χ3v) is 8.56. The van der Waals surface area contributed by atoms with Crippen molar-refractivity contribution in [3.05, 3.63) is 65.9 Å². The van der Waals surface area contributed by atoms with Crippen LogP contribution in [0.3, 0.4) is 0 Å². The first-order valence-corrected chi connectivity index (χ1v) is 12.7. The minimum atomic E-state index is -0.0451. The third kappa shape index (κ3) is 3.40. The number of anilines is 1. The Hall–Kier alpha value is -2.92. The molecule has 0 radical (unpaired) electrons. The molecule has 1 aromatic heterocycles. The maximum Gasteiger partial charge on any atom is 0.154 e. The Balaban J connectivity index is 1.47. The number of aromatic nitrogens is 2. The normalized spacial score (nSPS) is 26.8. The van der Waals surface area contributed by atoms with Crippen LogP contribution < -0.4 is 4.90 Å². The first kappa shape index (κ1) is 21.6. The third-order valence-electron chi connectivity index (χ3n) is 8.56. The van der Waals surface area contributed by atoms with Gasteiger partial charge in [-0.25, -0.2) is 4.68 Å². The second-order valence-electron chi connectivity index (χ2n) is 10.4. The molecule has 0 unspecified atom stereocenters. The molecule has 6 rings (SSSR count). The molecular formula is C29H33N3O2. The molecule has 0 amide bonds. The zero-order valence-corrected chi connectivity index (χ0v) is 20.2. The lowest BCUT2D eigenvalue weighted by Gasteiger charge is -2.48. The highest BCUT2D eigenvalue weighted by Gasteiger charge is 2.51. The van der Waals surface area contributed by atoms with Crippen LogP contribution in [0.2, 0.25) is 0 Å². The van der Waals surface area contributed by atoms with Crippen molar-refractivity contribution >= 4 is 11.6 Å². The van der Waals surface area contributed by atoms with Crippen molar-refractivity contribution in [2.45, 2.75) is 44.9 Å². The molecule has 2 aromatic carbocycles. The molecule has 3 aliphatic rings. The van der Waals surface area contributed by atoms with Crippen LogP contribution in [0.1, 0.15) is 44.4 Å². The van der Waals surface area contributed by atoms with Crippen molar-refractivity contribution in [2.75, 3.05) is 31.2 Å². The van der Waals surface area contributed by atoms with E-state index in [9.17, 15) is 4.79 Å². The summed E-state index contributed by atoms with van der Waals surface area (Å²) in [6, 6.07) is 19.3. The van der Waals surface area contributed by atoms with Crippen LogP contribution in [0.15, 0.2) is 54.6 Å². The zero-order valence-electron chi connectivity index (χ0n) is 20.2. The maximum absolute atomic E-state index is 12.6. The summed E-state index contributed by atoms with van der Waals surface area (Å²) in [5.74, 6) is 2.03. The van der Waals surface area contributed by atoms with Gasteiger partial charge in [0.05, 0.1) is 24.6 Å². The van der Waals surface area contributed by atoms with Gasteiger partial charge in [0.1, 0.15) is 5.78 Å². The number of ketones is 1. The number of ether oxygens (including phenoxy) is 1. The lowest BCUT2D eigenvalue weighted by molar-refractivity contribution is -0.128. The van der Waals surface area contributed by atoms with E-state index in [1.54, 1.807) is 0 Å². The Labute approximate surface area is 201 Å². The lowest BCUT2D eigenvalue weighted by atomic mass is 9.56. The number of fused-ring (bicyclic) bond motifs is 3. The smallest absolute Gasteiger partial charge is 0.154 e. The molecule has 3 atom stereocenters. The number of hydrogen-bond acceptors (Lipinski definition) is 4. The van der Waals surface area contributed by atoms with E-state index < -0.39 is 0 Å². The molecule has 2 aliphatic carbocycles. The average molecular weight is 456 g/mol. The minimum absolute atomic E-state index is 0.0451. The number of Topliss-reactive ketones (excluding diaryl/α,β-unsaturated/α-hetero) is 1. The number of carbonyl (C=O) groups is 1. The van der Waals surface area contributed by atoms with Crippen molar-refractivity contribution < 1.29 is 9.53 Å². The van der Waals surface area contributed by atoms with E-state index >= 15 is 0 Å². The monoisotopic (exact) mass is 455 g/mol. The summed E-state index contributed by atoms with van der Waals surface area (Å²) in [6.45, 7) is 7.79. The van der Waals surface area contributed by atoms with Gasteiger partial charge < -0.3 is 9.64 Å². The van der Waals surface area contributed by atoms with Gasteiger partial charge in [-0.2, -0.15) is 0 Å². The highest BCUT2D eigenvalue weighted by Crippen LogP contribution is 2.53. The Morgan fingerprint density at radius 1 is 0.971 bits per heavy atom. The van der Waals surface area contributed by atoms with Gasteiger partial charge in [0, 0.05) is 36.4 Å². The van der Waals surface area contributed by atoms with E-state index in [2.05, 4.69) is 72.0 Å². The minimum Gasteiger partial charge on any atom is -0.378 e. The van der Waals surface area contributed by atoms with Gasteiger partial charge in [0.15, 0.2) is 5.82 Å². The molecule has 5 nitrogen and oxygen atoms in total. The molecule has 0 bridgehead atoms. The summed E-state index contributed by atoms with van der Waals surface area (Å²) < 4.78 is 7.84. The summed E-state index contributed by atoms with van der Waals surface area (Å²) in [7, 11) is 0. The molecule has 34 heavy (non-hydrogen) atoms. The van der Waals surface area contributed by atoms with Crippen LogP contribution in [0.4, 0.5) is 5.82 Å². The van der Waals surface area contributed by atoms with Gasteiger partial charge in [0.2, 0.25) is 0 Å². The number of nitrogens with zero attached hydrogens (tertiary/aromatic N) is 3. The summed E-state index contributed by atoms with van der Waals surface area (Å²) in [5.41, 5.74) is 6.20. The molecule has 0 N–H and O–H groups in total. The molecule has 176 valence electrons. The number of benzene rings is 2. The summed E-state index contributed by atoms with van der Waals surface area (Å²) in [6.07, 6.45) is 3.62. The molecule has 5 heteroatoms. The highest BCUT2D eigenvalue weighted by molar-refractivity contribution is 5.82. The predicted molar refractivity (Wildman–Crippen MR) is 135 cm³/mol. The Morgan fingerprint density at radius 2 is 1.68 bits per heavy atom. The number of hydrogen-bond donors (Lipinski definition) is 0. The Kier molecular flexibility index (Phi) is 5.33. The topological polar surface area (TPSA) is 47.4 Å². The predicted octanol–water partition coefficient (Wildman–Crippen LogP) is 5.20. The number of morpholine rings is 1. The van der Waals surface area contributed by atoms with Gasteiger partial charge in [0.25, 0.3) is 0 Å². The standard InChI is InChI=1S/C29H33N3O2/c1-20-25-13-12-24-27(29(25,2)15-14-26(20)33)32(30-28(24)31-16-18-34-19-17-31)23-10-8-22(9-11-23)21-6-4-3-5-7-21/h3-11,20,25H,12-19H2,1-2H3/t20-,25-,29-/m1/s1. The van der Waals surface area contributed by atoms with Crippen molar-refractivity contribution in [3.63, 3.8) is 0 Å². The summed E-state index contributed by atoms with van der Waals surface area (Å²) in [4.78, 5) is 15.0. The zero-order chi connectivity index (χ0) is 23.3. The van der Waals surface area contributed by atoms with Crippen molar-refractivity contribution in [3.8, 4) is 16.8 Å². The molecule has 2 fully saturated rings. The Morgan fingerprint density at radius 3 is 2.41 bits per heavy atom. The van der Waals surface area contributed by atoms with E-state index in [1.807, 2.05) is 6.07 Å². The molecule has 0 spiro atoms. The van der Waals surface area contributed by atoms with Crippen molar-refractivity contribution in [1.82, 2.24) is 9.78 Å². The first-order valence-electron chi connectivity index (χ1n) is 12.7. The largest absolute Gasteiger partial charge is 0.378 e. The molecule has 2 heterocycles. The molecular weight excluding hydrogens is 422 g/mol. The summed E-state index contributed by atoms with van der Waals surface area (Å²) >= 11 is 0. The van der Waals surface area contributed by atoms with E-state index in [1.165, 1.54) is 22.4 Å². The van der Waals surface area contributed by atoms with Crippen LogP contribution in [-0.2, 0) is 21.4 Å². The second kappa shape index (κ2) is 8.38. The molecule has 1 saturated carbocycles. The van der Waals surface area contributed by atoms with Crippen LogP contribution in [0.25, 0.3) is 16.8 Å². The van der Waals surface area contributed by atoms with Crippen molar-refractivity contribution in [1.29, 1.82) is 0 Å². The number of carbonyl (C=O) groups excluding carboxylic acids is 1. The molecule has 1 saturated heterocycles. The average Bonchev–Trinajstić information content (AvgIpc) is 3.29. The first-order chi connectivity index (χ1) is 16.6. The van der Waals surface area contributed by atoms with Crippen LogP contribution in [-0.4, -0.2) is 41.9 Å². The summed E-state index contributed by atoms with van der Waals surface area (Å²) in [5, 5.41) is 5.27. The lowest BCUT2D eigenvalue weighted by Crippen LogP contribution is -2.47. The van der Waals surface area contributed by atoms with E-state index in [0.29, 0.717) is 18.1 Å². The quantitative estimate of drug-likeness (QED) is 0.545. The SMILES string of the molecule is C[C@H]1C(=O)CC[C@@]2(C)c3c(c(N4CCOCC4)nn3-c3ccc(-c4ccccc4)cc3)CC[C@H]12. The van der Waals surface area contributed by atoms with E-state index in [-0.39, 0.29) is 11.3 Å². The number of rotatable bonds is 3. The van der Waals surface area contributed by atoms with Gasteiger partial charge in [-0.3, -0.25) is 4.79 Å². The fraction of sp³-hybridized carbons (Fsp3) is 0.448. The van der Waals surface area contributed by atoms with E-state index in [4.69, 9.17) is 9.84 Å². The van der Waals surface area contributed by atoms with Gasteiger partial charge >= 0.3 is 0 Å². The van der Waals surface area contributed by atoms with Crippen LogP contribution in [0, 0.1) is 11.8 Å². The van der Waals surface area contributed by atoms with E-state index in [0.717, 1.165) is 57.1 Å². The van der Waals surface area contributed by atoms with Crippen molar-refractivity contribution in [2.24, 2.45) is 11.8 Å². The van der Waals surface area contributed by atoms with Gasteiger partial charge in [-0.05, 0) is 48.4 Å². The maximum atomic E-state index is 12.6. The second-order valence-corrected chi connectivity index (χ2v) is 10.4. The highest BCUT2D eigenvalue weighted by atomic mass is 16.5. The van der Waals surface area contributed by atoms with Crippen LogP contribution in [0.5, 0.6) is 0 Å². The Bertz CT molecular complexity index is 1190. The van der Waals surface area contributed by atoms with Crippen LogP contribution >= 0.6 is 0 Å². The van der Waals surface area contributed by atoms with Gasteiger partial charge in [-0.1, -0.05) is 56.3 Å². The van der Waals surface area contributed by atoms with Gasteiger partial charge in [-0.15, -0.1) is 5.10 Å². The molecule has 3 aromatic rings. The fourth-order valence-electron chi connectivity index (χ4n) is 6.63. The molecule has 1 aliphatic heterocycles. The fourth-order valence-corrected chi connectivity index (χ4v) is 6.63.